The van der Waals surface area contributed by atoms with E-state index in [-0.39, 0.29) is 5.84 Å². The molecule has 0 aliphatic heterocycles. The van der Waals surface area contributed by atoms with Gasteiger partial charge in [0.25, 0.3) is 0 Å². The van der Waals surface area contributed by atoms with Crippen molar-refractivity contribution in [3.63, 3.8) is 0 Å². The first-order valence-electron chi connectivity index (χ1n) is 5.58. The van der Waals surface area contributed by atoms with Crippen molar-refractivity contribution in [2.24, 2.45) is 5.73 Å². The molecule has 0 amide bonds. The molecule has 0 saturated heterocycles. The Hall–Kier alpha value is -1.64. The minimum Gasteiger partial charge on any atom is -0.383 e. The third-order valence-electron chi connectivity index (χ3n) is 2.58. The molecular weight excluding hydrogens is 312 g/mol. The number of hydrogen-bond acceptors (Lipinski definition) is 7. The molecule has 20 heavy (non-hydrogen) atoms. The number of nitrogen functional groups attached to an aromatic ring is 1. The molecule has 3 N–H and O–H groups in total. The predicted molar refractivity (Wildman–Crippen MR) is 83.7 cm³/mol. The molecule has 0 bridgehead atoms. The van der Waals surface area contributed by atoms with Gasteiger partial charge in [0.15, 0.2) is 5.76 Å². The molecule has 0 saturated carbocycles. The van der Waals surface area contributed by atoms with E-state index in [0.29, 0.717) is 5.76 Å². The highest BCUT2D eigenvalue weighted by Gasteiger charge is 2.17. The summed E-state index contributed by atoms with van der Waals surface area (Å²) in [7, 11) is 0. The first kappa shape index (κ1) is 13.3. The molecule has 3 aromatic rings. The molecular formula is C12H10N4OS3. The zero-order valence-corrected chi connectivity index (χ0v) is 12.9. The van der Waals surface area contributed by atoms with E-state index in [9.17, 15) is 0 Å². The number of nitrogens with zero attached hydrogens (tertiary/aromatic N) is 2. The number of thiophene rings is 1. The summed E-state index contributed by atoms with van der Waals surface area (Å²) in [6, 6.07) is 3.79. The Bertz CT molecular complexity index is 745. The molecule has 3 heterocycles. The van der Waals surface area contributed by atoms with Gasteiger partial charge in [-0.05, 0) is 12.3 Å². The van der Waals surface area contributed by atoms with Crippen molar-refractivity contribution >= 4 is 40.3 Å². The second-order valence-corrected chi connectivity index (χ2v) is 6.86. The van der Waals surface area contributed by atoms with E-state index in [1.54, 1.807) is 24.0 Å². The van der Waals surface area contributed by atoms with E-state index in [1.165, 1.54) is 22.7 Å². The number of aromatic nitrogens is 2. The third-order valence-corrected chi connectivity index (χ3v) is 5.69. The van der Waals surface area contributed by atoms with Crippen molar-refractivity contribution in [1.29, 1.82) is 5.41 Å². The molecule has 0 aliphatic rings. The minimum absolute atomic E-state index is 0.0710. The lowest BCUT2D eigenvalue weighted by atomic mass is 10.2. The zero-order valence-electron chi connectivity index (χ0n) is 10.4. The molecule has 8 heteroatoms. The average molecular weight is 322 g/mol. The van der Waals surface area contributed by atoms with Crippen LogP contribution in [0.3, 0.4) is 0 Å². The van der Waals surface area contributed by atoms with Crippen LogP contribution >= 0.6 is 34.4 Å². The van der Waals surface area contributed by atoms with Gasteiger partial charge in [-0.15, -0.1) is 34.4 Å². The van der Waals surface area contributed by atoms with Crippen LogP contribution in [0.5, 0.6) is 0 Å². The monoisotopic (exact) mass is 322 g/mol. The van der Waals surface area contributed by atoms with E-state index >= 15 is 0 Å². The Kier molecular flexibility index (Phi) is 3.60. The second-order valence-electron chi connectivity index (χ2n) is 3.84. The van der Waals surface area contributed by atoms with Crippen LogP contribution in [0.4, 0.5) is 0 Å². The Morgan fingerprint density at radius 2 is 2.35 bits per heavy atom. The maximum atomic E-state index is 7.69. The van der Waals surface area contributed by atoms with Crippen molar-refractivity contribution in [3.05, 3.63) is 28.6 Å². The largest absolute Gasteiger partial charge is 0.383 e. The number of hydrogen-bond donors (Lipinski definition) is 2. The maximum absolute atomic E-state index is 7.69. The van der Waals surface area contributed by atoms with Gasteiger partial charge < -0.3 is 10.3 Å². The van der Waals surface area contributed by atoms with Crippen molar-refractivity contribution in [2.75, 3.05) is 6.26 Å². The smallest absolute Gasteiger partial charge is 0.186 e. The molecule has 0 atom stereocenters. The average Bonchev–Trinajstić information content (AvgIpc) is 3.17. The number of rotatable bonds is 4. The molecule has 0 radical (unpaired) electrons. The molecule has 102 valence electrons. The van der Waals surface area contributed by atoms with Crippen LogP contribution in [-0.2, 0) is 0 Å². The summed E-state index contributed by atoms with van der Waals surface area (Å²) in [5.41, 5.74) is 7.30. The van der Waals surface area contributed by atoms with Gasteiger partial charge in [0.05, 0.1) is 15.3 Å². The molecule has 0 spiro atoms. The van der Waals surface area contributed by atoms with Crippen molar-refractivity contribution in [2.45, 2.75) is 4.21 Å². The fourth-order valence-corrected chi connectivity index (χ4v) is 4.15. The Balaban J connectivity index is 2.05. The first-order chi connectivity index (χ1) is 9.69. The van der Waals surface area contributed by atoms with Gasteiger partial charge in [-0.25, -0.2) is 4.98 Å². The number of thioether (sulfide) groups is 1. The quantitative estimate of drug-likeness (QED) is 0.436. The number of amidine groups is 1. The standard InChI is InChI=1S/C12H10N4OS3/c1-18-9-4-6(10(20-9)11(13)14)12-16-7(5-19-12)8-2-3-15-17-8/h2-5H,1H3,(H3,13,14). The van der Waals surface area contributed by atoms with E-state index in [0.717, 1.165) is 25.4 Å². The lowest BCUT2D eigenvalue weighted by molar-refractivity contribution is 0.431. The van der Waals surface area contributed by atoms with E-state index in [4.69, 9.17) is 15.7 Å². The summed E-state index contributed by atoms with van der Waals surface area (Å²) in [6.07, 6.45) is 3.59. The van der Waals surface area contributed by atoms with E-state index in [1.807, 2.05) is 17.7 Å². The maximum Gasteiger partial charge on any atom is 0.186 e. The third kappa shape index (κ3) is 2.37. The normalized spacial score (nSPS) is 10.8. The number of nitrogens with two attached hydrogens (primary N) is 1. The highest BCUT2D eigenvalue weighted by Crippen LogP contribution is 2.38. The minimum atomic E-state index is 0.0710. The lowest BCUT2D eigenvalue weighted by Gasteiger charge is -1.96. The SMILES string of the molecule is CSc1cc(-c2nc(-c3ccno3)cs2)c(C(=N)N)s1. The molecule has 0 aliphatic carbocycles. The van der Waals surface area contributed by atoms with Crippen LogP contribution in [-0.4, -0.2) is 22.2 Å². The summed E-state index contributed by atoms with van der Waals surface area (Å²) >= 11 is 4.65. The number of thiazole rings is 1. The highest BCUT2D eigenvalue weighted by molar-refractivity contribution is 8.00. The molecule has 3 rings (SSSR count). The Morgan fingerprint density at radius 1 is 1.50 bits per heavy atom. The molecule has 0 unspecified atom stereocenters. The van der Waals surface area contributed by atoms with Crippen molar-refractivity contribution in [3.8, 4) is 22.0 Å². The van der Waals surface area contributed by atoms with E-state index in [2.05, 4.69) is 10.1 Å². The van der Waals surface area contributed by atoms with Gasteiger partial charge in [0.1, 0.15) is 16.5 Å². The Labute approximate surface area is 127 Å². The van der Waals surface area contributed by atoms with Crippen LogP contribution in [0, 0.1) is 5.41 Å². The van der Waals surface area contributed by atoms with Crippen molar-refractivity contribution < 1.29 is 4.52 Å². The summed E-state index contributed by atoms with van der Waals surface area (Å²) < 4.78 is 6.21. The number of nitrogens with one attached hydrogen (secondary N) is 1. The fourth-order valence-electron chi connectivity index (χ4n) is 1.69. The van der Waals surface area contributed by atoms with Crippen LogP contribution in [0.15, 0.2) is 32.4 Å². The summed E-state index contributed by atoms with van der Waals surface area (Å²) in [5, 5.41) is 14.1. The molecule has 5 nitrogen and oxygen atoms in total. The van der Waals surface area contributed by atoms with Gasteiger partial charge in [0.2, 0.25) is 0 Å². The lowest BCUT2D eigenvalue weighted by Crippen LogP contribution is -2.09. The van der Waals surface area contributed by atoms with Crippen LogP contribution in [0.25, 0.3) is 22.0 Å². The second kappa shape index (κ2) is 5.39. The predicted octanol–water partition coefficient (Wildman–Crippen LogP) is 3.53. The molecule has 3 aromatic heterocycles. The van der Waals surface area contributed by atoms with E-state index < -0.39 is 0 Å². The van der Waals surface area contributed by atoms with Crippen molar-refractivity contribution in [1.82, 2.24) is 10.1 Å². The van der Waals surface area contributed by atoms with Gasteiger partial charge in [0, 0.05) is 17.0 Å². The molecule has 0 aromatic carbocycles. The summed E-state index contributed by atoms with van der Waals surface area (Å²) in [4.78, 5) is 5.30. The van der Waals surface area contributed by atoms with Crippen LogP contribution in [0.2, 0.25) is 0 Å². The van der Waals surface area contributed by atoms with Crippen LogP contribution in [0.1, 0.15) is 4.88 Å². The molecule has 0 fully saturated rings. The highest BCUT2D eigenvalue weighted by atomic mass is 32.2. The first-order valence-corrected chi connectivity index (χ1v) is 8.50. The Morgan fingerprint density at radius 3 is 3.00 bits per heavy atom. The van der Waals surface area contributed by atoms with Gasteiger partial charge >= 0.3 is 0 Å². The topological polar surface area (TPSA) is 88.8 Å². The summed E-state index contributed by atoms with van der Waals surface area (Å²) in [5.74, 6) is 0.707. The van der Waals surface area contributed by atoms with Gasteiger partial charge in [-0.3, -0.25) is 5.41 Å². The van der Waals surface area contributed by atoms with Gasteiger partial charge in [-0.1, -0.05) is 5.16 Å². The zero-order chi connectivity index (χ0) is 14.1. The van der Waals surface area contributed by atoms with Crippen LogP contribution < -0.4 is 5.73 Å². The summed E-state index contributed by atoms with van der Waals surface area (Å²) in [6.45, 7) is 0. The fraction of sp³-hybridized carbons (Fsp3) is 0.0833. The van der Waals surface area contributed by atoms with Gasteiger partial charge in [-0.2, -0.15) is 0 Å².